The highest BCUT2D eigenvalue weighted by Crippen LogP contribution is 2.31. The minimum absolute atomic E-state index is 0.374. The fourth-order valence-corrected chi connectivity index (χ4v) is 3.66. The van der Waals surface area contributed by atoms with Crippen LogP contribution in [0.3, 0.4) is 0 Å². The lowest BCUT2D eigenvalue weighted by Gasteiger charge is -2.41. The van der Waals surface area contributed by atoms with Gasteiger partial charge < -0.3 is 5.73 Å². The van der Waals surface area contributed by atoms with Gasteiger partial charge in [-0.05, 0) is 49.9 Å². The second-order valence-corrected chi connectivity index (χ2v) is 6.79. The second kappa shape index (κ2) is 7.58. The van der Waals surface area contributed by atoms with Crippen LogP contribution in [-0.2, 0) is 0 Å². The molecule has 3 heteroatoms. The SMILES string of the molecule is CCCC1CCCCN1C(CN)c1ccc(Br)c(C)c1. The van der Waals surface area contributed by atoms with E-state index >= 15 is 0 Å². The lowest BCUT2D eigenvalue weighted by molar-refractivity contribution is 0.0912. The monoisotopic (exact) mass is 338 g/mol. The maximum Gasteiger partial charge on any atom is 0.0473 e. The van der Waals surface area contributed by atoms with Crippen LogP contribution in [0.2, 0.25) is 0 Å². The van der Waals surface area contributed by atoms with Gasteiger partial charge in [0.05, 0.1) is 0 Å². The van der Waals surface area contributed by atoms with E-state index in [9.17, 15) is 0 Å². The van der Waals surface area contributed by atoms with Crippen LogP contribution in [0.4, 0.5) is 0 Å². The Balaban J connectivity index is 2.22. The van der Waals surface area contributed by atoms with Crippen LogP contribution in [0.1, 0.15) is 56.2 Å². The lowest BCUT2D eigenvalue weighted by atomic mass is 9.93. The van der Waals surface area contributed by atoms with Crippen molar-refractivity contribution in [1.29, 1.82) is 0 Å². The fourth-order valence-electron chi connectivity index (χ4n) is 3.41. The molecule has 1 heterocycles. The summed E-state index contributed by atoms with van der Waals surface area (Å²) in [6.45, 7) is 6.35. The number of hydrogen-bond acceptors (Lipinski definition) is 2. The largest absolute Gasteiger partial charge is 0.329 e. The third kappa shape index (κ3) is 3.63. The maximum absolute atomic E-state index is 6.13. The Kier molecular flexibility index (Phi) is 6.06. The summed E-state index contributed by atoms with van der Waals surface area (Å²) in [7, 11) is 0. The molecule has 112 valence electrons. The molecule has 2 rings (SSSR count). The quantitative estimate of drug-likeness (QED) is 0.861. The van der Waals surface area contributed by atoms with Gasteiger partial charge in [0, 0.05) is 23.1 Å². The number of halogens is 1. The number of nitrogens with two attached hydrogens (primary N) is 1. The Bertz CT molecular complexity index is 431. The molecule has 1 aromatic rings. The number of rotatable bonds is 5. The zero-order valence-corrected chi connectivity index (χ0v) is 14.3. The van der Waals surface area contributed by atoms with Crippen LogP contribution in [-0.4, -0.2) is 24.0 Å². The van der Waals surface area contributed by atoms with Crippen molar-refractivity contribution in [2.75, 3.05) is 13.1 Å². The van der Waals surface area contributed by atoms with Gasteiger partial charge in [0.25, 0.3) is 0 Å². The molecule has 1 saturated heterocycles. The van der Waals surface area contributed by atoms with Gasteiger partial charge in [-0.1, -0.05) is 47.8 Å². The van der Waals surface area contributed by atoms with Gasteiger partial charge in [-0.25, -0.2) is 0 Å². The summed E-state index contributed by atoms with van der Waals surface area (Å²) in [6.07, 6.45) is 6.58. The molecule has 2 N–H and O–H groups in total. The fraction of sp³-hybridized carbons (Fsp3) is 0.647. The Morgan fingerprint density at radius 1 is 1.40 bits per heavy atom. The molecule has 2 nitrogen and oxygen atoms in total. The molecule has 0 spiro atoms. The number of aryl methyl sites for hydroxylation is 1. The van der Waals surface area contributed by atoms with E-state index in [4.69, 9.17) is 5.73 Å². The van der Waals surface area contributed by atoms with Gasteiger partial charge in [0.1, 0.15) is 0 Å². The van der Waals surface area contributed by atoms with Gasteiger partial charge in [0.15, 0.2) is 0 Å². The molecular formula is C17H27BrN2. The number of hydrogen-bond donors (Lipinski definition) is 1. The van der Waals surface area contributed by atoms with Gasteiger partial charge in [-0.2, -0.15) is 0 Å². The van der Waals surface area contributed by atoms with Crippen LogP contribution in [0.5, 0.6) is 0 Å². The first-order chi connectivity index (χ1) is 9.67. The number of likely N-dealkylation sites (tertiary alicyclic amines) is 1. The average Bonchev–Trinajstić information content (AvgIpc) is 2.45. The number of nitrogens with zero attached hydrogens (tertiary/aromatic N) is 1. The van der Waals surface area contributed by atoms with Crippen LogP contribution in [0.15, 0.2) is 22.7 Å². The highest BCUT2D eigenvalue weighted by molar-refractivity contribution is 9.10. The van der Waals surface area contributed by atoms with Crippen LogP contribution >= 0.6 is 15.9 Å². The van der Waals surface area contributed by atoms with Crippen LogP contribution < -0.4 is 5.73 Å². The Hall–Kier alpha value is -0.380. The molecule has 1 aromatic carbocycles. The molecule has 1 aliphatic heterocycles. The number of benzene rings is 1. The Morgan fingerprint density at radius 3 is 2.85 bits per heavy atom. The third-order valence-electron chi connectivity index (χ3n) is 4.48. The lowest BCUT2D eigenvalue weighted by Crippen LogP contribution is -2.44. The van der Waals surface area contributed by atoms with E-state index in [0.717, 1.165) is 0 Å². The summed E-state index contributed by atoms with van der Waals surface area (Å²) in [4.78, 5) is 2.66. The van der Waals surface area contributed by atoms with Crippen LogP contribution in [0, 0.1) is 6.92 Å². The molecule has 0 aromatic heterocycles. The van der Waals surface area contributed by atoms with Crippen LogP contribution in [0.25, 0.3) is 0 Å². The molecule has 2 atom stereocenters. The zero-order valence-electron chi connectivity index (χ0n) is 12.7. The van der Waals surface area contributed by atoms with E-state index in [2.05, 4.69) is 52.9 Å². The topological polar surface area (TPSA) is 29.3 Å². The molecule has 1 aliphatic rings. The van der Waals surface area contributed by atoms with E-state index in [-0.39, 0.29) is 0 Å². The Labute approximate surface area is 131 Å². The van der Waals surface area contributed by atoms with Crippen molar-refractivity contribution in [3.8, 4) is 0 Å². The predicted molar refractivity (Wildman–Crippen MR) is 89.9 cm³/mol. The Morgan fingerprint density at radius 2 is 2.20 bits per heavy atom. The van der Waals surface area contributed by atoms with Crippen molar-refractivity contribution < 1.29 is 0 Å². The van der Waals surface area contributed by atoms with E-state index in [1.54, 1.807) is 0 Å². The summed E-state index contributed by atoms with van der Waals surface area (Å²) in [6, 6.07) is 7.77. The van der Waals surface area contributed by atoms with E-state index in [0.29, 0.717) is 18.6 Å². The minimum atomic E-state index is 0.374. The first-order valence-corrected chi connectivity index (χ1v) is 8.68. The number of piperidine rings is 1. The summed E-state index contributed by atoms with van der Waals surface area (Å²) in [5.74, 6) is 0. The van der Waals surface area contributed by atoms with Gasteiger partial charge >= 0.3 is 0 Å². The summed E-state index contributed by atoms with van der Waals surface area (Å²) >= 11 is 3.59. The van der Waals surface area contributed by atoms with Crippen molar-refractivity contribution in [1.82, 2.24) is 4.90 Å². The molecule has 1 fully saturated rings. The van der Waals surface area contributed by atoms with Crippen molar-refractivity contribution in [3.05, 3.63) is 33.8 Å². The first-order valence-electron chi connectivity index (χ1n) is 7.89. The predicted octanol–water partition coefficient (Wildman–Crippen LogP) is 4.41. The van der Waals surface area contributed by atoms with Crippen molar-refractivity contribution in [2.45, 2.75) is 58.0 Å². The molecule has 2 unspecified atom stereocenters. The van der Waals surface area contributed by atoms with Gasteiger partial charge in [-0.3, -0.25) is 4.90 Å². The van der Waals surface area contributed by atoms with Crippen molar-refractivity contribution >= 4 is 15.9 Å². The molecule has 0 bridgehead atoms. The third-order valence-corrected chi connectivity index (χ3v) is 5.37. The second-order valence-electron chi connectivity index (χ2n) is 5.94. The van der Waals surface area contributed by atoms with E-state index in [1.165, 1.54) is 54.2 Å². The van der Waals surface area contributed by atoms with Gasteiger partial charge in [0.2, 0.25) is 0 Å². The summed E-state index contributed by atoms with van der Waals surface area (Å²) in [5, 5.41) is 0. The molecular weight excluding hydrogens is 312 g/mol. The molecule has 0 radical (unpaired) electrons. The van der Waals surface area contributed by atoms with Crippen molar-refractivity contribution in [3.63, 3.8) is 0 Å². The normalized spacial score (nSPS) is 21.9. The minimum Gasteiger partial charge on any atom is -0.329 e. The molecule has 0 saturated carbocycles. The average molecular weight is 339 g/mol. The molecule has 0 amide bonds. The van der Waals surface area contributed by atoms with E-state index in [1.807, 2.05) is 0 Å². The highest BCUT2D eigenvalue weighted by atomic mass is 79.9. The smallest absolute Gasteiger partial charge is 0.0473 e. The molecule has 20 heavy (non-hydrogen) atoms. The zero-order chi connectivity index (χ0) is 14.5. The summed E-state index contributed by atoms with van der Waals surface area (Å²) < 4.78 is 1.18. The van der Waals surface area contributed by atoms with E-state index < -0.39 is 0 Å². The maximum atomic E-state index is 6.13. The molecule has 0 aliphatic carbocycles. The first kappa shape index (κ1) is 16.0. The summed E-state index contributed by atoms with van der Waals surface area (Å²) in [5.41, 5.74) is 8.80. The van der Waals surface area contributed by atoms with Crippen molar-refractivity contribution in [2.24, 2.45) is 5.73 Å². The van der Waals surface area contributed by atoms with Gasteiger partial charge in [-0.15, -0.1) is 0 Å². The highest BCUT2D eigenvalue weighted by Gasteiger charge is 2.28. The standard InChI is InChI=1S/C17H27BrN2/c1-3-6-15-7-4-5-10-20(15)17(12-19)14-8-9-16(18)13(2)11-14/h8-9,11,15,17H,3-7,10,12,19H2,1-2H3.